The first-order valence-electron chi connectivity index (χ1n) is 4.87. The molecule has 1 atom stereocenters. The summed E-state index contributed by atoms with van der Waals surface area (Å²) in [7, 11) is 0. The molecule has 1 saturated heterocycles. The number of nitrogens with two attached hydrogens (primary N) is 1. The van der Waals surface area contributed by atoms with Crippen LogP contribution in [0.5, 0.6) is 0 Å². The lowest BCUT2D eigenvalue weighted by Crippen LogP contribution is -2.27. The van der Waals surface area contributed by atoms with E-state index in [9.17, 15) is 0 Å². The van der Waals surface area contributed by atoms with Crippen molar-refractivity contribution in [1.29, 1.82) is 0 Å². The molecule has 2 aromatic heterocycles. The summed E-state index contributed by atoms with van der Waals surface area (Å²) in [6.45, 7) is 1.77. The Morgan fingerprint density at radius 3 is 3.13 bits per heavy atom. The highest BCUT2D eigenvalue weighted by molar-refractivity contribution is 5.46. The van der Waals surface area contributed by atoms with E-state index in [1.807, 2.05) is 0 Å². The van der Waals surface area contributed by atoms with Crippen molar-refractivity contribution in [2.75, 3.05) is 18.0 Å². The number of tetrazole rings is 1. The van der Waals surface area contributed by atoms with Gasteiger partial charge in [0.05, 0.1) is 12.4 Å². The predicted octanol–water partition coefficient (Wildman–Crippen LogP) is -0.943. The fourth-order valence-electron chi connectivity index (χ4n) is 1.87. The Kier molecular flexibility index (Phi) is 1.78. The van der Waals surface area contributed by atoms with Crippen LogP contribution in [0.4, 0.5) is 5.82 Å². The van der Waals surface area contributed by atoms with Gasteiger partial charge in [0, 0.05) is 19.1 Å². The highest BCUT2D eigenvalue weighted by atomic mass is 15.5. The Hall–Kier alpha value is -1.76. The highest BCUT2D eigenvalue weighted by Gasteiger charge is 2.21. The van der Waals surface area contributed by atoms with Crippen molar-refractivity contribution in [3.8, 4) is 0 Å². The minimum Gasteiger partial charge on any atom is -0.354 e. The third-order valence-corrected chi connectivity index (χ3v) is 2.64. The molecule has 0 radical (unpaired) electrons. The van der Waals surface area contributed by atoms with E-state index in [2.05, 4.69) is 25.4 Å². The van der Waals surface area contributed by atoms with Crippen molar-refractivity contribution in [1.82, 2.24) is 25.0 Å². The Balaban J connectivity index is 2.06. The summed E-state index contributed by atoms with van der Waals surface area (Å²) in [5.74, 6) is 0.908. The summed E-state index contributed by atoms with van der Waals surface area (Å²) in [5.41, 5.74) is 6.52. The average molecular weight is 205 g/mol. The lowest BCUT2D eigenvalue weighted by molar-refractivity contribution is 0.746. The zero-order valence-corrected chi connectivity index (χ0v) is 8.11. The second kappa shape index (κ2) is 3.13. The van der Waals surface area contributed by atoms with Gasteiger partial charge in [-0.25, -0.2) is 0 Å². The molecule has 1 aliphatic heterocycles. The van der Waals surface area contributed by atoms with E-state index in [4.69, 9.17) is 5.73 Å². The van der Waals surface area contributed by atoms with Crippen LogP contribution in [0.25, 0.3) is 5.65 Å². The fourth-order valence-corrected chi connectivity index (χ4v) is 1.87. The van der Waals surface area contributed by atoms with Gasteiger partial charge in [0.2, 0.25) is 0 Å². The van der Waals surface area contributed by atoms with E-state index in [0.29, 0.717) is 5.65 Å². The van der Waals surface area contributed by atoms with Gasteiger partial charge < -0.3 is 10.6 Å². The highest BCUT2D eigenvalue weighted by Crippen LogP contribution is 2.18. The van der Waals surface area contributed by atoms with E-state index >= 15 is 0 Å². The molecule has 7 heteroatoms. The summed E-state index contributed by atoms with van der Waals surface area (Å²) in [5, 5.41) is 11.4. The Labute approximate surface area is 85.9 Å². The molecule has 15 heavy (non-hydrogen) atoms. The smallest absolute Gasteiger partial charge is 0.199 e. The molecular formula is C8H11N7. The summed E-state index contributed by atoms with van der Waals surface area (Å²) < 4.78 is 1.69. The van der Waals surface area contributed by atoms with Gasteiger partial charge >= 0.3 is 0 Å². The summed E-state index contributed by atoms with van der Waals surface area (Å²) >= 11 is 0. The topological polar surface area (TPSA) is 85.2 Å². The minimum absolute atomic E-state index is 0.233. The largest absolute Gasteiger partial charge is 0.354 e. The molecule has 0 aromatic carbocycles. The number of aromatic nitrogens is 5. The third-order valence-electron chi connectivity index (χ3n) is 2.64. The molecule has 1 aliphatic rings. The van der Waals surface area contributed by atoms with E-state index in [-0.39, 0.29) is 6.04 Å². The van der Waals surface area contributed by atoms with E-state index in [0.717, 1.165) is 25.3 Å². The molecule has 7 nitrogen and oxygen atoms in total. The Bertz CT molecular complexity index is 479. The molecule has 0 saturated carbocycles. The van der Waals surface area contributed by atoms with Gasteiger partial charge in [-0.3, -0.25) is 4.98 Å². The maximum Gasteiger partial charge on any atom is 0.199 e. The van der Waals surface area contributed by atoms with Gasteiger partial charge in [-0.1, -0.05) is 0 Å². The standard InChI is InChI=1S/C8H11N7/c9-6-1-2-14(5-6)8-4-10-3-7-11-12-13-15(7)8/h3-4,6H,1-2,5,9H2. The number of fused-ring (bicyclic) bond motifs is 1. The first-order chi connectivity index (χ1) is 7.34. The lowest BCUT2D eigenvalue weighted by atomic mass is 10.3. The van der Waals surface area contributed by atoms with Crippen molar-refractivity contribution >= 4 is 11.5 Å². The number of hydrogen-bond acceptors (Lipinski definition) is 6. The van der Waals surface area contributed by atoms with Crippen molar-refractivity contribution in [2.24, 2.45) is 5.73 Å². The third kappa shape index (κ3) is 1.32. The molecule has 2 aromatic rings. The zero-order valence-electron chi connectivity index (χ0n) is 8.11. The zero-order chi connectivity index (χ0) is 10.3. The number of nitrogens with zero attached hydrogens (tertiary/aromatic N) is 6. The maximum absolute atomic E-state index is 5.86. The van der Waals surface area contributed by atoms with Crippen LogP contribution in [-0.4, -0.2) is 44.2 Å². The van der Waals surface area contributed by atoms with Crippen LogP contribution in [0, 0.1) is 0 Å². The van der Waals surface area contributed by atoms with Crippen molar-refractivity contribution in [3.63, 3.8) is 0 Å². The van der Waals surface area contributed by atoms with Gasteiger partial charge in [-0.05, 0) is 16.8 Å². The minimum atomic E-state index is 0.233. The quantitative estimate of drug-likeness (QED) is 0.646. The predicted molar refractivity (Wildman–Crippen MR) is 53.4 cm³/mol. The number of hydrogen-bond donors (Lipinski definition) is 1. The fraction of sp³-hybridized carbons (Fsp3) is 0.500. The number of anilines is 1. The van der Waals surface area contributed by atoms with Crippen LogP contribution >= 0.6 is 0 Å². The molecule has 2 N–H and O–H groups in total. The normalized spacial score (nSPS) is 21.4. The molecule has 0 aliphatic carbocycles. The molecule has 3 rings (SSSR count). The summed E-state index contributed by atoms with van der Waals surface area (Å²) in [6.07, 6.45) is 4.40. The van der Waals surface area contributed by atoms with Gasteiger partial charge in [0.25, 0.3) is 0 Å². The van der Waals surface area contributed by atoms with Crippen LogP contribution in [-0.2, 0) is 0 Å². The first-order valence-corrected chi connectivity index (χ1v) is 4.87. The van der Waals surface area contributed by atoms with Gasteiger partial charge in [-0.15, -0.1) is 5.10 Å². The molecule has 0 amide bonds. The van der Waals surface area contributed by atoms with E-state index in [1.54, 1.807) is 16.9 Å². The van der Waals surface area contributed by atoms with Crippen LogP contribution in [0.2, 0.25) is 0 Å². The molecule has 3 heterocycles. The molecule has 1 unspecified atom stereocenters. The van der Waals surface area contributed by atoms with E-state index in [1.165, 1.54) is 0 Å². The second-order valence-electron chi connectivity index (χ2n) is 3.71. The van der Waals surface area contributed by atoms with Gasteiger partial charge in [0.1, 0.15) is 0 Å². The van der Waals surface area contributed by atoms with Crippen LogP contribution < -0.4 is 10.6 Å². The Morgan fingerprint density at radius 1 is 1.40 bits per heavy atom. The monoisotopic (exact) mass is 205 g/mol. The van der Waals surface area contributed by atoms with Crippen LogP contribution in [0.1, 0.15) is 6.42 Å². The molecule has 78 valence electrons. The summed E-state index contributed by atoms with van der Waals surface area (Å²) in [6, 6.07) is 0.233. The molecule has 0 spiro atoms. The average Bonchev–Trinajstić information content (AvgIpc) is 2.84. The summed E-state index contributed by atoms with van der Waals surface area (Å²) in [4.78, 5) is 6.26. The maximum atomic E-state index is 5.86. The van der Waals surface area contributed by atoms with Crippen LogP contribution in [0.3, 0.4) is 0 Å². The van der Waals surface area contributed by atoms with E-state index < -0.39 is 0 Å². The second-order valence-corrected chi connectivity index (χ2v) is 3.71. The SMILES string of the molecule is NC1CCN(c2cncc3nnnn23)C1. The van der Waals surface area contributed by atoms with Crippen LogP contribution in [0.15, 0.2) is 12.4 Å². The molecule has 1 fully saturated rings. The lowest BCUT2D eigenvalue weighted by Gasteiger charge is -2.17. The van der Waals surface area contributed by atoms with Crippen molar-refractivity contribution in [2.45, 2.75) is 12.5 Å². The molecule has 0 bridgehead atoms. The van der Waals surface area contributed by atoms with Crippen molar-refractivity contribution < 1.29 is 0 Å². The van der Waals surface area contributed by atoms with Gasteiger partial charge in [-0.2, -0.15) is 4.52 Å². The van der Waals surface area contributed by atoms with Crippen molar-refractivity contribution in [3.05, 3.63) is 12.4 Å². The molecular weight excluding hydrogens is 194 g/mol. The van der Waals surface area contributed by atoms with Gasteiger partial charge in [0.15, 0.2) is 11.5 Å². The Morgan fingerprint density at radius 2 is 2.33 bits per heavy atom. The number of rotatable bonds is 1. The first kappa shape index (κ1) is 8.54.